The van der Waals surface area contributed by atoms with Crippen LogP contribution in [0.3, 0.4) is 0 Å². The van der Waals surface area contributed by atoms with Crippen molar-refractivity contribution >= 4 is 11.7 Å². The van der Waals surface area contributed by atoms with Gasteiger partial charge in [-0.1, -0.05) is 5.16 Å². The van der Waals surface area contributed by atoms with Crippen molar-refractivity contribution in [3.8, 4) is 0 Å². The summed E-state index contributed by atoms with van der Waals surface area (Å²) in [5, 5.41) is 12.2. The van der Waals surface area contributed by atoms with E-state index in [1.54, 1.807) is 0 Å². The average Bonchev–Trinajstić information content (AvgIpc) is 2.92. The molecule has 0 saturated carbocycles. The van der Waals surface area contributed by atoms with Gasteiger partial charge in [0.1, 0.15) is 5.76 Å². The van der Waals surface area contributed by atoms with Crippen LogP contribution in [0.25, 0.3) is 0 Å². The summed E-state index contributed by atoms with van der Waals surface area (Å²) >= 11 is 0. The van der Waals surface area contributed by atoms with E-state index in [1.807, 2.05) is 37.8 Å². The number of carbonyl (C=O) groups excluding carboxylic acids is 1. The van der Waals surface area contributed by atoms with Gasteiger partial charge in [-0.25, -0.2) is 0 Å². The van der Waals surface area contributed by atoms with Gasteiger partial charge in [0.15, 0.2) is 5.82 Å². The number of aryl methyl sites for hydroxylation is 3. The van der Waals surface area contributed by atoms with Crippen LogP contribution in [0, 0.1) is 20.8 Å². The molecule has 0 aliphatic carbocycles. The molecule has 1 aliphatic heterocycles. The predicted molar refractivity (Wildman–Crippen MR) is 89.9 cm³/mol. The Bertz CT molecular complexity index is 683. The third-order valence-corrected chi connectivity index (χ3v) is 4.51. The van der Waals surface area contributed by atoms with E-state index < -0.39 is 0 Å². The van der Waals surface area contributed by atoms with Gasteiger partial charge in [-0.3, -0.25) is 4.79 Å². The number of amides is 1. The van der Waals surface area contributed by atoms with Crippen LogP contribution < -0.4 is 4.90 Å². The molecule has 2 aromatic rings. The number of carbonyl (C=O) groups is 1. The fourth-order valence-corrected chi connectivity index (χ4v) is 2.99. The molecule has 1 fully saturated rings. The molecule has 1 aliphatic rings. The lowest BCUT2D eigenvalue weighted by molar-refractivity contribution is -0.131. The highest BCUT2D eigenvalue weighted by atomic mass is 16.5. The zero-order chi connectivity index (χ0) is 17.1. The van der Waals surface area contributed by atoms with Crippen LogP contribution >= 0.6 is 0 Å². The maximum absolute atomic E-state index is 12.4. The largest absolute Gasteiger partial charge is 0.361 e. The topological polar surface area (TPSA) is 75.4 Å². The summed E-state index contributed by atoms with van der Waals surface area (Å²) in [6.45, 7) is 8.74. The van der Waals surface area contributed by atoms with Crippen molar-refractivity contribution < 1.29 is 9.32 Å². The minimum Gasteiger partial charge on any atom is -0.361 e. The van der Waals surface area contributed by atoms with Crippen LogP contribution in [-0.4, -0.2) is 52.3 Å². The second-order valence-electron chi connectivity index (χ2n) is 6.20. The van der Waals surface area contributed by atoms with Crippen LogP contribution in [0.15, 0.2) is 16.7 Å². The average molecular weight is 329 g/mol. The predicted octanol–water partition coefficient (Wildman–Crippen LogP) is 1.67. The Morgan fingerprint density at radius 1 is 1.12 bits per heavy atom. The number of nitrogens with zero attached hydrogens (tertiary/aromatic N) is 5. The normalized spacial score (nSPS) is 15.0. The minimum absolute atomic E-state index is 0.185. The molecular formula is C17H23N5O2. The monoisotopic (exact) mass is 329 g/mol. The van der Waals surface area contributed by atoms with Gasteiger partial charge in [-0.15, -0.1) is 5.10 Å². The molecule has 0 bridgehead atoms. The van der Waals surface area contributed by atoms with E-state index in [0.717, 1.165) is 54.7 Å². The summed E-state index contributed by atoms with van der Waals surface area (Å²) in [4.78, 5) is 16.5. The Morgan fingerprint density at radius 2 is 1.88 bits per heavy atom. The first kappa shape index (κ1) is 16.4. The highest BCUT2D eigenvalue weighted by molar-refractivity contribution is 5.76. The Kier molecular flexibility index (Phi) is 4.78. The van der Waals surface area contributed by atoms with E-state index in [9.17, 15) is 4.79 Å². The zero-order valence-electron chi connectivity index (χ0n) is 14.4. The highest BCUT2D eigenvalue weighted by Crippen LogP contribution is 2.17. The van der Waals surface area contributed by atoms with E-state index in [-0.39, 0.29) is 5.91 Å². The van der Waals surface area contributed by atoms with Crippen molar-refractivity contribution in [2.75, 3.05) is 31.1 Å². The third-order valence-electron chi connectivity index (χ3n) is 4.51. The molecular weight excluding hydrogens is 306 g/mol. The molecule has 0 N–H and O–H groups in total. The molecule has 7 heteroatoms. The minimum atomic E-state index is 0.185. The quantitative estimate of drug-likeness (QED) is 0.849. The number of anilines is 1. The molecule has 3 rings (SSSR count). The van der Waals surface area contributed by atoms with Gasteiger partial charge in [0.25, 0.3) is 0 Å². The van der Waals surface area contributed by atoms with Crippen LogP contribution in [0.1, 0.15) is 29.1 Å². The molecule has 0 radical (unpaired) electrons. The molecule has 3 heterocycles. The molecule has 0 atom stereocenters. The van der Waals surface area contributed by atoms with Gasteiger partial charge in [0.2, 0.25) is 5.91 Å². The first-order chi connectivity index (χ1) is 11.5. The summed E-state index contributed by atoms with van der Waals surface area (Å²) in [6, 6.07) is 3.95. The van der Waals surface area contributed by atoms with E-state index in [1.165, 1.54) is 0 Å². The number of hydrogen-bond donors (Lipinski definition) is 0. The molecule has 24 heavy (non-hydrogen) atoms. The van der Waals surface area contributed by atoms with Gasteiger partial charge in [0, 0.05) is 38.2 Å². The molecule has 0 aromatic carbocycles. The maximum Gasteiger partial charge on any atom is 0.223 e. The van der Waals surface area contributed by atoms with E-state index in [4.69, 9.17) is 4.52 Å². The summed E-state index contributed by atoms with van der Waals surface area (Å²) < 4.78 is 5.15. The Hall–Kier alpha value is -2.44. The van der Waals surface area contributed by atoms with E-state index >= 15 is 0 Å². The lowest BCUT2D eigenvalue weighted by atomic mass is 10.1. The smallest absolute Gasteiger partial charge is 0.223 e. The van der Waals surface area contributed by atoms with Crippen molar-refractivity contribution in [3.63, 3.8) is 0 Å². The van der Waals surface area contributed by atoms with Gasteiger partial charge >= 0.3 is 0 Å². The molecule has 7 nitrogen and oxygen atoms in total. The molecule has 128 valence electrons. The van der Waals surface area contributed by atoms with Crippen LogP contribution in [0.2, 0.25) is 0 Å². The number of rotatable bonds is 4. The fourth-order valence-electron chi connectivity index (χ4n) is 2.99. The van der Waals surface area contributed by atoms with Crippen molar-refractivity contribution in [2.45, 2.75) is 33.6 Å². The molecule has 1 saturated heterocycles. The molecule has 0 unspecified atom stereocenters. The lowest BCUT2D eigenvalue weighted by Gasteiger charge is -2.35. The van der Waals surface area contributed by atoms with E-state index in [0.29, 0.717) is 12.8 Å². The van der Waals surface area contributed by atoms with Crippen LogP contribution in [0.5, 0.6) is 0 Å². The SMILES string of the molecule is Cc1ccc(N2CCN(C(=O)CCc3c(C)noc3C)CC2)nn1. The Morgan fingerprint density at radius 3 is 2.46 bits per heavy atom. The number of aromatic nitrogens is 3. The maximum atomic E-state index is 12.4. The van der Waals surface area contributed by atoms with Gasteiger partial charge in [-0.2, -0.15) is 5.10 Å². The van der Waals surface area contributed by atoms with Gasteiger partial charge in [-0.05, 0) is 39.3 Å². The summed E-state index contributed by atoms with van der Waals surface area (Å²) in [7, 11) is 0. The summed E-state index contributed by atoms with van der Waals surface area (Å²) in [5.74, 6) is 1.87. The zero-order valence-corrected chi connectivity index (χ0v) is 14.4. The first-order valence-corrected chi connectivity index (χ1v) is 8.29. The van der Waals surface area contributed by atoms with Gasteiger partial charge in [0.05, 0.1) is 11.4 Å². The van der Waals surface area contributed by atoms with Crippen molar-refractivity contribution in [2.24, 2.45) is 0 Å². The van der Waals surface area contributed by atoms with Gasteiger partial charge < -0.3 is 14.3 Å². The molecule has 1 amide bonds. The first-order valence-electron chi connectivity index (χ1n) is 8.29. The van der Waals surface area contributed by atoms with Crippen molar-refractivity contribution in [1.82, 2.24) is 20.3 Å². The third kappa shape index (κ3) is 3.55. The highest BCUT2D eigenvalue weighted by Gasteiger charge is 2.22. The summed E-state index contributed by atoms with van der Waals surface area (Å²) in [6.07, 6.45) is 1.18. The molecule has 2 aromatic heterocycles. The Balaban J connectivity index is 1.51. The Labute approximate surface area is 141 Å². The lowest BCUT2D eigenvalue weighted by Crippen LogP contribution is -2.49. The van der Waals surface area contributed by atoms with Crippen LogP contribution in [0.4, 0.5) is 5.82 Å². The summed E-state index contributed by atoms with van der Waals surface area (Å²) in [5.41, 5.74) is 2.84. The second-order valence-corrected chi connectivity index (χ2v) is 6.20. The number of hydrogen-bond acceptors (Lipinski definition) is 6. The van der Waals surface area contributed by atoms with Crippen molar-refractivity contribution in [3.05, 3.63) is 34.8 Å². The standard InChI is InChI=1S/C17H23N5O2/c1-12-4-6-16(19-18-12)21-8-10-22(11-9-21)17(23)7-5-15-13(2)20-24-14(15)3/h4,6H,5,7-11H2,1-3H3. The number of piperazine rings is 1. The second kappa shape index (κ2) is 6.98. The fraction of sp³-hybridized carbons (Fsp3) is 0.529. The van der Waals surface area contributed by atoms with E-state index in [2.05, 4.69) is 20.3 Å². The van der Waals surface area contributed by atoms with Crippen molar-refractivity contribution in [1.29, 1.82) is 0 Å². The molecule has 0 spiro atoms. The van der Waals surface area contributed by atoms with Crippen LogP contribution in [-0.2, 0) is 11.2 Å².